The molecule has 3 aliphatic heterocycles. The molecule has 2 unspecified atom stereocenters. The summed E-state index contributed by atoms with van der Waals surface area (Å²) >= 11 is 0. The van der Waals surface area contributed by atoms with E-state index in [-0.39, 0.29) is 24.4 Å². The number of hydrogen-bond acceptors (Lipinski definition) is 5. The normalized spacial score (nSPS) is 26.3. The summed E-state index contributed by atoms with van der Waals surface area (Å²) in [6.45, 7) is 5.96. The summed E-state index contributed by atoms with van der Waals surface area (Å²) < 4.78 is 11.0. The molecule has 152 valence electrons. The highest BCUT2D eigenvalue weighted by molar-refractivity contribution is 6.00. The van der Waals surface area contributed by atoms with E-state index in [1.165, 1.54) is 0 Å². The maximum Gasteiger partial charge on any atom is 0.232 e. The molecule has 5 rings (SSSR count). The molecule has 0 aromatic heterocycles. The Balaban J connectivity index is 1.60. The molecule has 1 N–H and O–H groups in total. The first kappa shape index (κ1) is 18.3. The molecule has 6 heteroatoms. The van der Waals surface area contributed by atoms with Crippen LogP contribution in [0.25, 0.3) is 0 Å². The highest BCUT2D eigenvalue weighted by Gasteiger charge is 2.44. The SMILES string of the molecule is C=C1NC2=C(C(=O)CCC2)C(c2ccc3c(c2)OCO3)C1C(=O)N1CCCCC1. The van der Waals surface area contributed by atoms with Gasteiger partial charge in [0.2, 0.25) is 12.7 Å². The van der Waals surface area contributed by atoms with Gasteiger partial charge in [-0.1, -0.05) is 12.6 Å². The molecule has 0 bridgehead atoms. The smallest absolute Gasteiger partial charge is 0.232 e. The molecule has 4 aliphatic rings. The van der Waals surface area contributed by atoms with Crippen LogP contribution in [-0.4, -0.2) is 36.5 Å². The van der Waals surface area contributed by atoms with E-state index >= 15 is 0 Å². The van der Waals surface area contributed by atoms with E-state index in [1.54, 1.807) is 0 Å². The maximum atomic E-state index is 13.6. The number of nitrogens with one attached hydrogen (secondary N) is 1. The zero-order valence-corrected chi connectivity index (χ0v) is 16.5. The molecule has 0 spiro atoms. The van der Waals surface area contributed by atoms with Crippen LogP contribution in [-0.2, 0) is 9.59 Å². The standard InChI is InChI=1S/C23H26N2O4/c1-14-20(23(27)25-10-3-2-4-11-25)21(22-16(24-14)6-5-7-17(22)26)15-8-9-18-19(12-15)29-13-28-18/h8-9,12,20-21,24H,1-7,10-11,13H2. The van der Waals surface area contributed by atoms with E-state index in [1.807, 2.05) is 23.1 Å². The topological polar surface area (TPSA) is 67.9 Å². The number of Topliss-reactive ketones (excluding diaryl/α,β-unsaturated/α-hetero) is 1. The first-order valence-corrected chi connectivity index (χ1v) is 10.5. The third-order valence-electron chi connectivity index (χ3n) is 6.48. The number of nitrogens with zero attached hydrogens (tertiary/aromatic N) is 1. The quantitative estimate of drug-likeness (QED) is 0.834. The highest BCUT2D eigenvalue weighted by atomic mass is 16.7. The number of ether oxygens (including phenoxy) is 2. The lowest BCUT2D eigenvalue weighted by Crippen LogP contribution is -2.47. The third-order valence-corrected chi connectivity index (χ3v) is 6.48. The van der Waals surface area contributed by atoms with Crippen LogP contribution in [0.5, 0.6) is 11.5 Å². The van der Waals surface area contributed by atoms with Crippen LogP contribution < -0.4 is 14.8 Å². The number of hydrogen-bond donors (Lipinski definition) is 1. The van der Waals surface area contributed by atoms with E-state index < -0.39 is 5.92 Å². The fourth-order valence-corrected chi connectivity index (χ4v) is 5.06. The minimum atomic E-state index is -0.491. The summed E-state index contributed by atoms with van der Waals surface area (Å²) in [6, 6.07) is 5.76. The van der Waals surface area contributed by atoms with Crippen molar-refractivity contribution >= 4 is 11.7 Å². The zero-order valence-electron chi connectivity index (χ0n) is 16.5. The fourth-order valence-electron chi connectivity index (χ4n) is 5.06. The predicted molar refractivity (Wildman–Crippen MR) is 107 cm³/mol. The summed E-state index contributed by atoms with van der Waals surface area (Å²) in [4.78, 5) is 28.5. The van der Waals surface area contributed by atoms with Crippen molar-refractivity contribution in [1.82, 2.24) is 10.2 Å². The summed E-state index contributed by atoms with van der Waals surface area (Å²) in [5.41, 5.74) is 3.28. The number of fused-ring (bicyclic) bond motifs is 1. The Bertz CT molecular complexity index is 913. The van der Waals surface area contributed by atoms with Crippen LogP contribution in [0.3, 0.4) is 0 Å². The number of piperidine rings is 1. The van der Waals surface area contributed by atoms with E-state index in [4.69, 9.17) is 9.47 Å². The lowest BCUT2D eigenvalue weighted by atomic mass is 9.71. The molecule has 2 atom stereocenters. The minimum Gasteiger partial charge on any atom is -0.454 e. The molecule has 3 heterocycles. The van der Waals surface area contributed by atoms with E-state index in [0.29, 0.717) is 23.6 Å². The molecular weight excluding hydrogens is 368 g/mol. The van der Waals surface area contributed by atoms with Crippen molar-refractivity contribution in [3.8, 4) is 11.5 Å². The van der Waals surface area contributed by atoms with Gasteiger partial charge in [-0.3, -0.25) is 9.59 Å². The lowest BCUT2D eigenvalue weighted by Gasteiger charge is -2.41. The average molecular weight is 394 g/mol. The monoisotopic (exact) mass is 394 g/mol. The molecule has 0 saturated carbocycles. The minimum absolute atomic E-state index is 0.0646. The Morgan fingerprint density at radius 2 is 1.86 bits per heavy atom. The number of likely N-dealkylation sites (tertiary alicyclic amines) is 1. The van der Waals surface area contributed by atoms with Crippen LogP contribution in [0.15, 0.2) is 41.7 Å². The maximum absolute atomic E-state index is 13.6. The van der Waals surface area contributed by atoms with Gasteiger partial charge in [-0.15, -0.1) is 0 Å². The summed E-state index contributed by atoms with van der Waals surface area (Å²) in [5, 5.41) is 3.33. The number of ketones is 1. The van der Waals surface area contributed by atoms with Crippen molar-refractivity contribution in [1.29, 1.82) is 0 Å². The van der Waals surface area contributed by atoms with Crippen molar-refractivity contribution < 1.29 is 19.1 Å². The lowest BCUT2D eigenvalue weighted by molar-refractivity contribution is -0.136. The molecule has 1 aliphatic carbocycles. The van der Waals surface area contributed by atoms with Gasteiger partial charge < -0.3 is 19.7 Å². The Labute approximate surface area is 170 Å². The number of benzene rings is 1. The predicted octanol–water partition coefficient (Wildman–Crippen LogP) is 3.25. The molecule has 1 fully saturated rings. The van der Waals surface area contributed by atoms with Crippen LogP contribution in [0.2, 0.25) is 0 Å². The van der Waals surface area contributed by atoms with Crippen LogP contribution in [0, 0.1) is 5.92 Å². The van der Waals surface area contributed by atoms with Gasteiger partial charge >= 0.3 is 0 Å². The van der Waals surface area contributed by atoms with Crippen LogP contribution in [0.4, 0.5) is 0 Å². The first-order chi connectivity index (χ1) is 14.1. The zero-order chi connectivity index (χ0) is 20.0. The van der Waals surface area contributed by atoms with Gasteiger partial charge in [-0.2, -0.15) is 0 Å². The third kappa shape index (κ3) is 3.11. The summed E-state index contributed by atoms with van der Waals surface area (Å²) in [6.07, 6.45) is 5.38. The largest absolute Gasteiger partial charge is 0.454 e. The first-order valence-electron chi connectivity index (χ1n) is 10.5. The van der Waals surface area contributed by atoms with Gasteiger partial charge in [-0.25, -0.2) is 0 Å². The molecular formula is C23H26N2O4. The number of rotatable bonds is 2. The Hall–Kier alpha value is -2.76. The fraction of sp³-hybridized carbons (Fsp3) is 0.478. The van der Waals surface area contributed by atoms with Crippen molar-refractivity contribution in [3.63, 3.8) is 0 Å². The highest BCUT2D eigenvalue weighted by Crippen LogP contribution is 2.46. The Morgan fingerprint density at radius 1 is 1.07 bits per heavy atom. The molecule has 6 nitrogen and oxygen atoms in total. The summed E-state index contributed by atoms with van der Waals surface area (Å²) in [7, 11) is 0. The van der Waals surface area contributed by atoms with Gasteiger partial charge in [0.15, 0.2) is 17.3 Å². The average Bonchev–Trinajstić information content (AvgIpc) is 3.21. The van der Waals surface area contributed by atoms with E-state index in [2.05, 4.69) is 11.9 Å². The second-order valence-electron chi connectivity index (χ2n) is 8.27. The van der Waals surface area contributed by atoms with Crippen LogP contribution in [0.1, 0.15) is 50.0 Å². The van der Waals surface area contributed by atoms with Gasteiger partial charge in [0.1, 0.15) is 0 Å². The van der Waals surface area contributed by atoms with Gasteiger partial charge in [0.25, 0.3) is 0 Å². The van der Waals surface area contributed by atoms with Crippen molar-refractivity contribution in [3.05, 3.63) is 47.3 Å². The second kappa shape index (κ2) is 7.25. The Kier molecular flexibility index (Phi) is 4.57. The number of carbonyl (C=O) groups excluding carboxylic acids is 2. The molecule has 0 radical (unpaired) electrons. The number of carbonyl (C=O) groups is 2. The summed E-state index contributed by atoms with van der Waals surface area (Å²) in [5.74, 6) is 0.732. The second-order valence-corrected chi connectivity index (χ2v) is 8.27. The number of amides is 1. The van der Waals surface area contributed by atoms with Crippen LogP contribution >= 0.6 is 0 Å². The van der Waals surface area contributed by atoms with Gasteiger partial charge in [-0.05, 0) is 49.8 Å². The van der Waals surface area contributed by atoms with Gasteiger partial charge in [0.05, 0.1) is 5.92 Å². The Morgan fingerprint density at radius 3 is 2.69 bits per heavy atom. The van der Waals surface area contributed by atoms with Crippen molar-refractivity contribution in [2.45, 2.75) is 44.4 Å². The molecule has 1 amide bonds. The van der Waals surface area contributed by atoms with Gasteiger partial charge in [0, 0.05) is 42.4 Å². The van der Waals surface area contributed by atoms with E-state index in [0.717, 1.165) is 62.0 Å². The van der Waals surface area contributed by atoms with Crippen molar-refractivity contribution in [2.75, 3.05) is 19.9 Å². The van der Waals surface area contributed by atoms with Crippen molar-refractivity contribution in [2.24, 2.45) is 5.92 Å². The van der Waals surface area contributed by atoms with E-state index in [9.17, 15) is 9.59 Å². The molecule has 1 saturated heterocycles. The molecule has 29 heavy (non-hydrogen) atoms. The molecule has 1 aromatic rings. The number of allylic oxidation sites excluding steroid dienone is 2. The molecule has 1 aromatic carbocycles.